The lowest BCUT2D eigenvalue weighted by Crippen LogP contribution is -2.29. The van der Waals surface area contributed by atoms with E-state index in [9.17, 15) is 18.0 Å². The molecule has 1 aromatic carbocycles. The van der Waals surface area contributed by atoms with Crippen LogP contribution in [0, 0.1) is 5.92 Å². The summed E-state index contributed by atoms with van der Waals surface area (Å²) in [5, 5.41) is 11.6. The van der Waals surface area contributed by atoms with Crippen molar-refractivity contribution >= 4 is 27.6 Å². The largest absolute Gasteiger partial charge is 0.481 e. The van der Waals surface area contributed by atoms with Crippen LogP contribution in [0.2, 0.25) is 0 Å². The summed E-state index contributed by atoms with van der Waals surface area (Å²) in [5.41, 5.74) is -0.566. The van der Waals surface area contributed by atoms with Crippen molar-refractivity contribution in [1.29, 1.82) is 0 Å². The molecule has 0 fully saturated rings. The summed E-state index contributed by atoms with van der Waals surface area (Å²) in [6.07, 6.45) is -4.43. The number of carbonyl (C=O) groups is 1. The topological polar surface area (TPSA) is 49.3 Å². The predicted octanol–water partition coefficient (Wildman–Crippen LogP) is 3.99. The molecule has 0 radical (unpaired) electrons. The summed E-state index contributed by atoms with van der Waals surface area (Å²) in [6, 6.07) is 2.69. The molecule has 2 unspecified atom stereocenters. The van der Waals surface area contributed by atoms with Crippen molar-refractivity contribution in [2.75, 3.05) is 5.32 Å². The molecule has 0 heterocycles. The minimum absolute atomic E-state index is 0.218. The first kappa shape index (κ1) is 15.8. The van der Waals surface area contributed by atoms with Gasteiger partial charge in [0, 0.05) is 16.2 Å². The Balaban J connectivity index is 2.98. The molecule has 0 aliphatic rings. The number of halogens is 4. The molecule has 19 heavy (non-hydrogen) atoms. The Morgan fingerprint density at radius 2 is 1.95 bits per heavy atom. The van der Waals surface area contributed by atoms with Gasteiger partial charge in [-0.2, -0.15) is 13.2 Å². The van der Waals surface area contributed by atoms with E-state index in [1.54, 1.807) is 6.92 Å². The Hall–Kier alpha value is -1.24. The summed E-state index contributed by atoms with van der Waals surface area (Å²) in [5.74, 6) is -1.73. The fourth-order valence-corrected chi connectivity index (χ4v) is 1.76. The standard InChI is InChI=1S/C12H13BrF3NO2/c1-6(11(18)19)7(2)17-10-5-8(12(14,15)16)3-4-9(10)13/h3-7,17H,1-2H3,(H,18,19). The van der Waals surface area contributed by atoms with E-state index in [1.165, 1.54) is 13.0 Å². The first-order valence-electron chi connectivity index (χ1n) is 5.49. The number of carboxylic acids is 1. The van der Waals surface area contributed by atoms with E-state index in [1.807, 2.05) is 0 Å². The molecule has 1 rings (SSSR count). The van der Waals surface area contributed by atoms with E-state index in [4.69, 9.17) is 5.11 Å². The molecule has 106 valence electrons. The van der Waals surface area contributed by atoms with Crippen molar-refractivity contribution in [1.82, 2.24) is 0 Å². The van der Waals surface area contributed by atoms with Gasteiger partial charge < -0.3 is 10.4 Å². The van der Waals surface area contributed by atoms with E-state index in [2.05, 4.69) is 21.2 Å². The molecule has 7 heteroatoms. The molecule has 0 aliphatic heterocycles. The molecule has 0 amide bonds. The van der Waals surface area contributed by atoms with E-state index in [0.717, 1.165) is 12.1 Å². The van der Waals surface area contributed by atoms with Gasteiger partial charge in [-0.15, -0.1) is 0 Å². The molecule has 0 saturated heterocycles. The van der Waals surface area contributed by atoms with Crippen LogP contribution in [0.15, 0.2) is 22.7 Å². The number of carboxylic acid groups (broad SMARTS) is 1. The van der Waals surface area contributed by atoms with Gasteiger partial charge in [-0.1, -0.05) is 0 Å². The summed E-state index contributed by atoms with van der Waals surface area (Å²) in [6.45, 7) is 3.09. The molecular weight excluding hydrogens is 327 g/mol. The molecule has 0 aromatic heterocycles. The normalized spacial score (nSPS) is 14.8. The quantitative estimate of drug-likeness (QED) is 0.871. The molecule has 0 saturated carbocycles. The van der Waals surface area contributed by atoms with Gasteiger partial charge in [0.25, 0.3) is 0 Å². The second-order valence-electron chi connectivity index (χ2n) is 4.25. The second-order valence-corrected chi connectivity index (χ2v) is 5.11. The zero-order chi connectivity index (χ0) is 14.8. The van der Waals surface area contributed by atoms with E-state index in [0.29, 0.717) is 4.47 Å². The average molecular weight is 340 g/mol. The maximum atomic E-state index is 12.6. The Morgan fingerprint density at radius 1 is 1.37 bits per heavy atom. The number of benzene rings is 1. The number of hydrogen-bond donors (Lipinski definition) is 2. The minimum atomic E-state index is -4.43. The molecule has 0 aliphatic carbocycles. The van der Waals surface area contributed by atoms with E-state index < -0.39 is 29.7 Å². The van der Waals surface area contributed by atoms with Gasteiger partial charge in [0.05, 0.1) is 11.5 Å². The molecular formula is C12H13BrF3NO2. The zero-order valence-electron chi connectivity index (χ0n) is 10.3. The number of anilines is 1. The summed E-state index contributed by atoms with van der Waals surface area (Å²) in [7, 11) is 0. The van der Waals surface area contributed by atoms with Crippen LogP contribution < -0.4 is 5.32 Å². The second kappa shape index (κ2) is 5.81. The molecule has 2 N–H and O–H groups in total. The van der Waals surface area contributed by atoms with Crippen molar-refractivity contribution < 1.29 is 23.1 Å². The average Bonchev–Trinajstić information content (AvgIpc) is 2.29. The maximum absolute atomic E-state index is 12.6. The third-order valence-electron chi connectivity index (χ3n) is 2.82. The van der Waals surface area contributed by atoms with Crippen LogP contribution in [-0.4, -0.2) is 17.1 Å². The number of alkyl halides is 3. The highest BCUT2D eigenvalue weighted by Gasteiger charge is 2.31. The Labute approximate surface area is 116 Å². The van der Waals surface area contributed by atoms with Crippen molar-refractivity contribution in [2.45, 2.75) is 26.1 Å². The molecule has 1 aromatic rings. The minimum Gasteiger partial charge on any atom is -0.481 e. The maximum Gasteiger partial charge on any atom is 0.416 e. The van der Waals surface area contributed by atoms with Crippen molar-refractivity contribution in [3.05, 3.63) is 28.2 Å². The fourth-order valence-electron chi connectivity index (χ4n) is 1.40. The van der Waals surface area contributed by atoms with Crippen LogP contribution in [0.5, 0.6) is 0 Å². The number of nitrogens with one attached hydrogen (secondary N) is 1. The number of aliphatic carboxylic acids is 1. The van der Waals surface area contributed by atoms with Crippen molar-refractivity contribution in [2.24, 2.45) is 5.92 Å². The van der Waals surface area contributed by atoms with Gasteiger partial charge >= 0.3 is 12.1 Å². The monoisotopic (exact) mass is 339 g/mol. The third-order valence-corrected chi connectivity index (χ3v) is 3.51. The summed E-state index contributed by atoms with van der Waals surface area (Å²) >= 11 is 3.13. The lowest BCUT2D eigenvalue weighted by molar-refractivity contribution is -0.141. The molecule has 3 nitrogen and oxygen atoms in total. The third kappa shape index (κ3) is 4.12. The first-order chi connectivity index (χ1) is 8.62. The number of hydrogen-bond acceptors (Lipinski definition) is 2. The van der Waals surface area contributed by atoms with E-state index in [-0.39, 0.29) is 5.69 Å². The van der Waals surface area contributed by atoms with Gasteiger partial charge in [-0.3, -0.25) is 4.79 Å². The Morgan fingerprint density at radius 3 is 2.42 bits per heavy atom. The van der Waals surface area contributed by atoms with Crippen LogP contribution in [-0.2, 0) is 11.0 Å². The summed E-state index contributed by atoms with van der Waals surface area (Å²) in [4.78, 5) is 10.8. The highest BCUT2D eigenvalue weighted by Crippen LogP contribution is 2.34. The molecule has 2 atom stereocenters. The van der Waals surface area contributed by atoms with Gasteiger partial charge in [0.15, 0.2) is 0 Å². The lowest BCUT2D eigenvalue weighted by Gasteiger charge is -2.20. The predicted molar refractivity (Wildman–Crippen MR) is 69.0 cm³/mol. The zero-order valence-corrected chi connectivity index (χ0v) is 11.8. The Kier molecular flexibility index (Phi) is 4.84. The van der Waals surface area contributed by atoms with Crippen LogP contribution in [0.3, 0.4) is 0 Å². The number of rotatable bonds is 4. The first-order valence-corrected chi connectivity index (χ1v) is 6.28. The van der Waals surface area contributed by atoms with Crippen LogP contribution in [0.25, 0.3) is 0 Å². The molecule has 0 bridgehead atoms. The van der Waals surface area contributed by atoms with Crippen molar-refractivity contribution in [3.63, 3.8) is 0 Å². The van der Waals surface area contributed by atoms with Crippen LogP contribution >= 0.6 is 15.9 Å². The molecule has 0 spiro atoms. The van der Waals surface area contributed by atoms with Crippen LogP contribution in [0.4, 0.5) is 18.9 Å². The van der Waals surface area contributed by atoms with E-state index >= 15 is 0 Å². The smallest absolute Gasteiger partial charge is 0.416 e. The Bertz CT molecular complexity index is 477. The fraction of sp³-hybridized carbons (Fsp3) is 0.417. The highest BCUT2D eigenvalue weighted by atomic mass is 79.9. The lowest BCUT2D eigenvalue weighted by atomic mass is 10.0. The van der Waals surface area contributed by atoms with Crippen molar-refractivity contribution in [3.8, 4) is 0 Å². The van der Waals surface area contributed by atoms with Gasteiger partial charge in [-0.05, 0) is 48.0 Å². The summed E-state index contributed by atoms with van der Waals surface area (Å²) < 4.78 is 38.2. The van der Waals surface area contributed by atoms with Gasteiger partial charge in [0.1, 0.15) is 0 Å². The van der Waals surface area contributed by atoms with Gasteiger partial charge in [0.2, 0.25) is 0 Å². The SMILES string of the molecule is CC(Nc1cc(C(F)(F)F)ccc1Br)C(C)C(=O)O. The highest BCUT2D eigenvalue weighted by molar-refractivity contribution is 9.10. The van der Waals surface area contributed by atoms with Crippen LogP contribution in [0.1, 0.15) is 19.4 Å². The van der Waals surface area contributed by atoms with Gasteiger partial charge in [-0.25, -0.2) is 0 Å².